The van der Waals surface area contributed by atoms with Crippen molar-refractivity contribution in [2.45, 2.75) is 264 Å². The molecule has 0 aromatic carbocycles. The molecule has 5 atom stereocenters. The molecule has 3 N–H and O–H groups in total. The molecule has 0 fully saturated rings. The highest BCUT2D eigenvalue weighted by atomic mass is 31.2. The summed E-state index contributed by atoms with van der Waals surface area (Å²) in [5.41, 5.74) is 0. The number of hydrogen-bond donors (Lipinski definition) is 3. The van der Waals surface area contributed by atoms with Gasteiger partial charge in [0.05, 0.1) is 26.4 Å². The molecule has 0 aliphatic heterocycles. The highest BCUT2D eigenvalue weighted by molar-refractivity contribution is 7.47. The molecule has 0 saturated carbocycles. The van der Waals surface area contributed by atoms with E-state index in [0.29, 0.717) is 38.5 Å². The summed E-state index contributed by atoms with van der Waals surface area (Å²) in [6, 6.07) is 0. The highest BCUT2D eigenvalue weighted by Gasteiger charge is 2.30. The van der Waals surface area contributed by atoms with Crippen LogP contribution in [0.1, 0.15) is 246 Å². The first kappa shape index (κ1) is 97.6. The lowest BCUT2D eigenvalue weighted by Crippen LogP contribution is -2.30. The Bertz CT molecular complexity index is 2790. The van der Waals surface area contributed by atoms with Gasteiger partial charge in [0.15, 0.2) is 12.2 Å². The van der Waals surface area contributed by atoms with Gasteiger partial charge >= 0.3 is 39.5 Å². The fourth-order valence-electron chi connectivity index (χ4n) is 9.01. The summed E-state index contributed by atoms with van der Waals surface area (Å²) in [4.78, 5) is 72.9. The average Bonchev–Trinajstić information content (AvgIpc) is 0.911. The maximum absolute atomic E-state index is 13.1. The van der Waals surface area contributed by atoms with Crippen LogP contribution in [0.2, 0.25) is 0 Å². The maximum Gasteiger partial charge on any atom is 0.472 e. The van der Waals surface area contributed by atoms with Crippen molar-refractivity contribution in [3.63, 3.8) is 0 Å². The molecule has 0 aliphatic carbocycles. The van der Waals surface area contributed by atoms with Gasteiger partial charge in [-0.25, -0.2) is 9.13 Å². The van der Waals surface area contributed by atoms with Crippen molar-refractivity contribution in [3.05, 3.63) is 207 Å². The van der Waals surface area contributed by atoms with Crippen LogP contribution in [0.25, 0.3) is 0 Å². The predicted molar refractivity (Wildman–Crippen MR) is 426 cm³/mol. The van der Waals surface area contributed by atoms with Gasteiger partial charge in [0, 0.05) is 25.7 Å². The van der Waals surface area contributed by atoms with Crippen molar-refractivity contribution in [1.82, 2.24) is 0 Å². The van der Waals surface area contributed by atoms with Gasteiger partial charge in [-0.2, -0.15) is 0 Å². The number of ether oxygens (including phenoxy) is 4. The summed E-state index contributed by atoms with van der Waals surface area (Å²) < 4.78 is 68.3. The molecule has 0 saturated heterocycles. The van der Waals surface area contributed by atoms with Gasteiger partial charge in [-0.1, -0.05) is 260 Å². The van der Waals surface area contributed by atoms with E-state index >= 15 is 0 Å². The Balaban J connectivity index is 5.55. The van der Waals surface area contributed by atoms with Crippen LogP contribution in [-0.4, -0.2) is 96.7 Å². The van der Waals surface area contributed by atoms with Crippen LogP contribution in [0.4, 0.5) is 0 Å². The molecule has 0 rings (SSSR count). The Labute approximate surface area is 627 Å². The first-order chi connectivity index (χ1) is 50.7. The monoisotopic (exact) mass is 1490 g/mol. The maximum atomic E-state index is 13.1. The Kier molecular flexibility index (Phi) is 70.3. The molecule has 0 heterocycles. The number of unbranched alkanes of at least 4 members (excludes halogenated alkanes) is 9. The van der Waals surface area contributed by atoms with E-state index in [1.165, 1.54) is 0 Å². The zero-order valence-electron chi connectivity index (χ0n) is 63.6. The molecule has 0 bridgehead atoms. The third-order valence-corrected chi connectivity index (χ3v) is 16.6. The summed E-state index contributed by atoms with van der Waals surface area (Å²) in [5, 5.41) is 10.6. The molecule has 0 radical (unpaired) electrons. The molecule has 19 heteroatoms. The molecular weight excluding hydrogens is 1350 g/mol. The Morgan fingerprint density at radius 2 is 0.529 bits per heavy atom. The lowest BCUT2D eigenvalue weighted by Gasteiger charge is -2.21. The van der Waals surface area contributed by atoms with E-state index in [-0.39, 0.29) is 25.7 Å². The fourth-order valence-corrected chi connectivity index (χ4v) is 10.6. The molecule has 584 valence electrons. The van der Waals surface area contributed by atoms with Crippen molar-refractivity contribution in [2.75, 3.05) is 39.6 Å². The summed E-state index contributed by atoms with van der Waals surface area (Å²) in [7, 11) is -10.0. The molecule has 17 nitrogen and oxygen atoms in total. The van der Waals surface area contributed by atoms with Gasteiger partial charge in [0.2, 0.25) is 0 Å². The largest absolute Gasteiger partial charge is 0.472 e. The van der Waals surface area contributed by atoms with Crippen LogP contribution in [0.3, 0.4) is 0 Å². The third-order valence-electron chi connectivity index (χ3n) is 14.7. The minimum atomic E-state index is -5.02. The van der Waals surface area contributed by atoms with Gasteiger partial charge < -0.3 is 33.8 Å². The van der Waals surface area contributed by atoms with Crippen LogP contribution in [0, 0.1) is 0 Å². The van der Waals surface area contributed by atoms with Crippen LogP contribution in [-0.2, 0) is 65.4 Å². The smallest absolute Gasteiger partial charge is 0.462 e. The summed E-state index contributed by atoms with van der Waals surface area (Å²) in [6.45, 7) is 4.19. The molecule has 0 spiro atoms. The fraction of sp³-hybridized carbons (Fsp3) is 0.553. The minimum Gasteiger partial charge on any atom is -0.462 e. The lowest BCUT2D eigenvalue weighted by molar-refractivity contribution is -0.161. The van der Waals surface area contributed by atoms with E-state index in [4.69, 9.17) is 37.0 Å². The number of allylic oxidation sites excluding steroid dienone is 34. The van der Waals surface area contributed by atoms with Gasteiger partial charge in [-0.15, -0.1) is 0 Å². The van der Waals surface area contributed by atoms with E-state index < -0.39 is 97.5 Å². The Morgan fingerprint density at radius 1 is 0.279 bits per heavy atom. The Morgan fingerprint density at radius 3 is 0.885 bits per heavy atom. The SMILES string of the molecule is CC/C=C\C/C=C\C/C=C\C/C=C\C/C=C\C/C=C\CCC(=O)OCC(COP(=O)(O)OCC(O)COP(=O)(O)OCC(COC(=O)CCCC/C=C\C/C=C\C/C=C\C/C=C\CC)OC(=O)CCCCCCC/C=C\C/C=C\CCC)OC(=O)CCC/C=C\C/C=C\C/C=C\C/C=C\C/C=C\CC. The summed E-state index contributed by atoms with van der Waals surface area (Å²) in [5.74, 6) is -2.43. The normalized spacial score (nSPS) is 15.0. The van der Waals surface area contributed by atoms with Crippen LogP contribution >= 0.6 is 15.6 Å². The molecule has 104 heavy (non-hydrogen) atoms. The van der Waals surface area contributed by atoms with Crippen LogP contribution in [0.15, 0.2) is 207 Å². The first-order valence-electron chi connectivity index (χ1n) is 38.3. The number of phosphoric ester groups is 2. The molecule has 0 aliphatic rings. The first-order valence-corrected chi connectivity index (χ1v) is 41.3. The number of phosphoric acid groups is 2. The number of rotatable bonds is 69. The van der Waals surface area contributed by atoms with Crippen molar-refractivity contribution in [1.29, 1.82) is 0 Å². The summed E-state index contributed by atoms with van der Waals surface area (Å²) in [6.07, 6.45) is 92.8. The zero-order chi connectivity index (χ0) is 76.0. The molecule has 0 aromatic rings. The standard InChI is InChI=1S/C85H132O17P2/c1-5-9-13-17-21-25-29-33-36-38-39-41-43-47-50-54-58-62-66-70-83(88)96-76-81(102-85(90)72-68-64-60-56-52-48-44-40-37-34-30-26-22-18-14-10-6-2)78-100-104(93,94)98-74-79(86)73-97-103(91,92)99-77-80(101-84(89)71-67-63-59-55-51-45-32-28-24-20-16-12-8-4)75-95-82(87)69-65-61-57-53-49-46-42-35-31-27-23-19-15-11-7-3/h9-11,13-16,20-23,25-28,32-37,39,41-42,44,47-50,53,56,58,60,62,79-81,86H,5-8,12,17-19,24,29-31,38,40,43,45-46,51-52,54-55,57,59,61,63-78H2,1-4H3,(H,91,92)(H,93,94)/b13-9-,14-10-,15-11-,20-16-,25-21-,26-22-,27-23-,32-28-,36-33-,37-34-,41-39-,42-35-,48-44-,50-47-,53-49-,60-56-,62-58-. The van der Waals surface area contributed by atoms with Gasteiger partial charge in [0.25, 0.3) is 0 Å². The quantitative estimate of drug-likeness (QED) is 0.0169. The number of aliphatic hydroxyl groups excluding tert-OH is 1. The highest BCUT2D eigenvalue weighted by Crippen LogP contribution is 2.45. The van der Waals surface area contributed by atoms with Crippen LogP contribution < -0.4 is 0 Å². The topological polar surface area (TPSA) is 237 Å². The van der Waals surface area contributed by atoms with E-state index in [2.05, 4.69) is 204 Å². The molecule has 0 amide bonds. The second-order valence-electron chi connectivity index (χ2n) is 24.4. The average molecular weight is 1490 g/mol. The third kappa shape index (κ3) is 73.9. The number of carbonyl (C=O) groups is 4. The second kappa shape index (κ2) is 74.9. The number of esters is 4. The van der Waals surface area contributed by atoms with E-state index in [1.807, 2.05) is 30.4 Å². The number of aliphatic hydroxyl groups is 1. The van der Waals surface area contributed by atoms with Gasteiger partial charge in [-0.05, 0) is 167 Å². The predicted octanol–water partition coefficient (Wildman–Crippen LogP) is 22.3. The van der Waals surface area contributed by atoms with Crippen molar-refractivity contribution >= 4 is 39.5 Å². The van der Waals surface area contributed by atoms with E-state index in [9.17, 15) is 43.2 Å². The van der Waals surface area contributed by atoms with Crippen molar-refractivity contribution < 1.29 is 80.2 Å². The number of carbonyl (C=O) groups excluding carboxylic acids is 4. The second-order valence-corrected chi connectivity index (χ2v) is 27.3. The molecular formula is C85H132O17P2. The zero-order valence-corrected chi connectivity index (χ0v) is 65.4. The Hall–Kier alpha value is -6.36. The van der Waals surface area contributed by atoms with E-state index in [1.54, 1.807) is 0 Å². The minimum absolute atomic E-state index is 0.00976. The summed E-state index contributed by atoms with van der Waals surface area (Å²) >= 11 is 0. The van der Waals surface area contributed by atoms with Crippen molar-refractivity contribution in [3.8, 4) is 0 Å². The lowest BCUT2D eigenvalue weighted by atomic mass is 10.1. The van der Waals surface area contributed by atoms with E-state index in [0.717, 1.165) is 154 Å². The van der Waals surface area contributed by atoms with Crippen molar-refractivity contribution in [2.24, 2.45) is 0 Å². The number of hydrogen-bond acceptors (Lipinski definition) is 15. The van der Waals surface area contributed by atoms with Gasteiger partial charge in [0.1, 0.15) is 19.3 Å². The molecule has 0 aromatic heterocycles. The van der Waals surface area contributed by atoms with Crippen LogP contribution in [0.5, 0.6) is 0 Å². The van der Waals surface area contributed by atoms with Gasteiger partial charge in [-0.3, -0.25) is 37.3 Å². The molecule has 5 unspecified atom stereocenters.